The van der Waals surface area contributed by atoms with Crippen LogP contribution in [0.25, 0.3) is 0 Å². The van der Waals surface area contributed by atoms with Gasteiger partial charge in [0.05, 0.1) is 6.54 Å². The van der Waals surface area contributed by atoms with Crippen LogP contribution in [0.3, 0.4) is 0 Å². The molecule has 0 aliphatic carbocycles. The molecule has 7 heteroatoms. The van der Waals surface area contributed by atoms with Gasteiger partial charge in [0.1, 0.15) is 11.3 Å². The zero-order valence-corrected chi connectivity index (χ0v) is 17.0. The second kappa shape index (κ2) is 8.18. The van der Waals surface area contributed by atoms with Crippen LogP contribution in [-0.2, 0) is 16.1 Å². The standard InChI is InChI=1S/C23H25N3O4/c1-17-7-9-18(10-8-17)15-26-21(28)23(24-22(26)29)11-13-25(14-12-23)20(27)16-30-19-5-3-2-4-6-19/h2-10H,11-16H2,1H3,(H,24,29). The van der Waals surface area contributed by atoms with Gasteiger partial charge < -0.3 is 15.0 Å². The Labute approximate surface area is 175 Å². The average Bonchev–Trinajstić information content (AvgIpc) is 2.99. The van der Waals surface area contributed by atoms with Crippen molar-refractivity contribution in [3.05, 3.63) is 65.7 Å². The van der Waals surface area contributed by atoms with Gasteiger partial charge >= 0.3 is 6.03 Å². The number of rotatable bonds is 5. The smallest absolute Gasteiger partial charge is 0.325 e. The summed E-state index contributed by atoms with van der Waals surface area (Å²) < 4.78 is 5.53. The van der Waals surface area contributed by atoms with Crippen molar-refractivity contribution in [3.8, 4) is 5.75 Å². The molecule has 1 N–H and O–H groups in total. The van der Waals surface area contributed by atoms with Crippen LogP contribution < -0.4 is 10.1 Å². The van der Waals surface area contributed by atoms with Crippen molar-refractivity contribution in [3.63, 3.8) is 0 Å². The summed E-state index contributed by atoms with van der Waals surface area (Å²) in [4.78, 5) is 41.0. The first kappa shape index (κ1) is 19.9. The minimum absolute atomic E-state index is 0.0448. The van der Waals surface area contributed by atoms with Crippen LogP contribution in [0.5, 0.6) is 5.75 Å². The lowest BCUT2D eigenvalue weighted by molar-refractivity contribution is -0.139. The normalized spacial score (nSPS) is 17.9. The first-order valence-electron chi connectivity index (χ1n) is 10.1. The van der Waals surface area contributed by atoms with E-state index in [9.17, 15) is 14.4 Å². The highest BCUT2D eigenvalue weighted by atomic mass is 16.5. The summed E-state index contributed by atoms with van der Waals surface area (Å²) in [5.74, 6) is 0.312. The maximum Gasteiger partial charge on any atom is 0.325 e. The van der Waals surface area contributed by atoms with Crippen LogP contribution in [0.4, 0.5) is 4.79 Å². The van der Waals surface area contributed by atoms with E-state index >= 15 is 0 Å². The number of urea groups is 1. The quantitative estimate of drug-likeness (QED) is 0.773. The fourth-order valence-electron chi connectivity index (χ4n) is 3.93. The molecule has 156 valence electrons. The molecule has 2 aliphatic heterocycles. The molecule has 0 unspecified atom stereocenters. The van der Waals surface area contributed by atoms with Crippen molar-refractivity contribution in [1.82, 2.24) is 15.1 Å². The summed E-state index contributed by atoms with van der Waals surface area (Å²) in [7, 11) is 0. The summed E-state index contributed by atoms with van der Waals surface area (Å²) in [6.07, 6.45) is 0.804. The monoisotopic (exact) mass is 407 g/mol. The Kier molecular flexibility index (Phi) is 5.44. The molecule has 0 atom stereocenters. The second-order valence-corrected chi connectivity index (χ2v) is 7.87. The molecule has 2 fully saturated rings. The molecule has 30 heavy (non-hydrogen) atoms. The van der Waals surface area contributed by atoms with E-state index in [1.807, 2.05) is 49.4 Å². The Bertz CT molecular complexity index is 935. The van der Waals surface area contributed by atoms with Gasteiger partial charge in [0.15, 0.2) is 6.61 Å². The molecule has 0 aromatic heterocycles. The van der Waals surface area contributed by atoms with Gasteiger partial charge in [-0.05, 0) is 37.5 Å². The molecule has 4 amide bonds. The van der Waals surface area contributed by atoms with E-state index < -0.39 is 5.54 Å². The Morgan fingerprint density at radius 1 is 1.03 bits per heavy atom. The predicted molar refractivity (Wildman–Crippen MR) is 111 cm³/mol. The minimum Gasteiger partial charge on any atom is -0.484 e. The lowest BCUT2D eigenvalue weighted by Crippen LogP contribution is -2.56. The van der Waals surface area contributed by atoms with Crippen molar-refractivity contribution in [2.45, 2.75) is 31.8 Å². The average molecular weight is 407 g/mol. The van der Waals surface area contributed by atoms with Crippen LogP contribution in [0, 0.1) is 6.92 Å². The fourth-order valence-corrected chi connectivity index (χ4v) is 3.93. The third-order valence-electron chi connectivity index (χ3n) is 5.78. The van der Waals surface area contributed by atoms with Gasteiger partial charge in [-0.2, -0.15) is 0 Å². The molecule has 7 nitrogen and oxygen atoms in total. The summed E-state index contributed by atoms with van der Waals surface area (Å²) in [6.45, 7) is 3.01. The van der Waals surface area contributed by atoms with Crippen molar-refractivity contribution in [2.24, 2.45) is 0 Å². The highest BCUT2D eigenvalue weighted by Crippen LogP contribution is 2.30. The molecular weight excluding hydrogens is 382 g/mol. The number of nitrogens with one attached hydrogen (secondary N) is 1. The van der Waals surface area contributed by atoms with Crippen LogP contribution >= 0.6 is 0 Å². The molecular formula is C23H25N3O4. The Hall–Kier alpha value is -3.35. The lowest BCUT2D eigenvalue weighted by atomic mass is 9.87. The van der Waals surface area contributed by atoms with E-state index in [1.54, 1.807) is 17.0 Å². The third kappa shape index (κ3) is 4.01. The zero-order chi connectivity index (χ0) is 21.1. The number of imide groups is 1. The molecule has 2 aromatic carbocycles. The highest BCUT2D eigenvalue weighted by molar-refractivity contribution is 6.07. The molecule has 2 saturated heterocycles. The molecule has 2 heterocycles. The van der Waals surface area contributed by atoms with Crippen LogP contribution in [0.15, 0.2) is 54.6 Å². The summed E-state index contributed by atoms with van der Waals surface area (Å²) in [5, 5.41) is 2.89. The largest absolute Gasteiger partial charge is 0.484 e. The zero-order valence-electron chi connectivity index (χ0n) is 17.0. The maximum atomic E-state index is 13.1. The number of carbonyl (C=O) groups excluding carboxylic acids is 3. The predicted octanol–water partition coefficient (Wildman–Crippen LogP) is 2.49. The van der Waals surface area contributed by atoms with Gasteiger partial charge in [-0.3, -0.25) is 14.5 Å². The Morgan fingerprint density at radius 3 is 2.37 bits per heavy atom. The molecule has 4 rings (SSSR count). The van der Waals surface area contributed by atoms with E-state index in [2.05, 4.69) is 5.32 Å². The number of aryl methyl sites for hydroxylation is 1. The van der Waals surface area contributed by atoms with Gasteiger partial charge in [0, 0.05) is 13.1 Å². The summed E-state index contributed by atoms with van der Waals surface area (Å²) in [5.41, 5.74) is 1.12. The highest BCUT2D eigenvalue weighted by Gasteiger charge is 2.52. The van der Waals surface area contributed by atoms with E-state index in [1.165, 1.54) is 4.90 Å². The number of hydrogen-bond donors (Lipinski definition) is 1. The number of benzene rings is 2. The lowest BCUT2D eigenvalue weighted by Gasteiger charge is -2.37. The van der Waals surface area contributed by atoms with E-state index in [0.29, 0.717) is 31.7 Å². The van der Waals surface area contributed by atoms with Crippen LogP contribution in [0.2, 0.25) is 0 Å². The molecule has 0 saturated carbocycles. The van der Waals surface area contributed by atoms with E-state index in [-0.39, 0.29) is 31.0 Å². The first-order chi connectivity index (χ1) is 14.5. The molecule has 0 radical (unpaired) electrons. The summed E-state index contributed by atoms with van der Waals surface area (Å²) in [6, 6.07) is 16.6. The number of piperidine rings is 1. The van der Waals surface area contributed by atoms with Gasteiger partial charge in [-0.15, -0.1) is 0 Å². The number of carbonyl (C=O) groups is 3. The fraction of sp³-hybridized carbons (Fsp3) is 0.348. The number of para-hydroxylation sites is 1. The Morgan fingerprint density at radius 2 is 1.70 bits per heavy atom. The van der Waals surface area contributed by atoms with Crippen molar-refractivity contribution < 1.29 is 19.1 Å². The molecule has 2 aliphatic rings. The van der Waals surface area contributed by atoms with E-state index in [0.717, 1.165) is 11.1 Å². The molecule has 1 spiro atoms. The number of hydrogen-bond acceptors (Lipinski definition) is 4. The Balaban J connectivity index is 1.34. The van der Waals surface area contributed by atoms with Crippen LogP contribution in [-0.4, -0.2) is 52.9 Å². The summed E-state index contributed by atoms with van der Waals surface area (Å²) >= 11 is 0. The van der Waals surface area contributed by atoms with Crippen LogP contribution in [0.1, 0.15) is 24.0 Å². The number of likely N-dealkylation sites (tertiary alicyclic amines) is 1. The van der Waals surface area contributed by atoms with Gasteiger partial charge in [-0.1, -0.05) is 48.0 Å². The van der Waals surface area contributed by atoms with Crippen molar-refractivity contribution in [1.29, 1.82) is 0 Å². The minimum atomic E-state index is -0.918. The number of amides is 4. The van der Waals surface area contributed by atoms with Gasteiger partial charge in [0.2, 0.25) is 0 Å². The number of nitrogens with zero attached hydrogens (tertiary/aromatic N) is 2. The van der Waals surface area contributed by atoms with Gasteiger partial charge in [0.25, 0.3) is 11.8 Å². The molecule has 0 bridgehead atoms. The second-order valence-electron chi connectivity index (χ2n) is 7.87. The van der Waals surface area contributed by atoms with Crippen molar-refractivity contribution >= 4 is 17.8 Å². The topological polar surface area (TPSA) is 79.0 Å². The maximum absolute atomic E-state index is 13.1. The number of ether oxygens (including phenoxy) is 1. The van der Waals surface area contributed by atoms with E-state index in [4.69, 9.17) is 4.74 Å². The molecule has 2 aromatic rings. The third-order valence-corrected chi connectivity index (χ3v) is 5.78. The van der Waals surface area contributed by atoms with Crippen molar-refractivity contribution in [2.75, 3.05) is 19.7 Å². The SMILES string of the molecule is Cc1ccc(CN2C(=O)NC3(CCN(C(=O)COc4ccccc4)CC3)C2=O)cc1. The van der Waals surface area contributed by atoms with Gasteiger partial charge in [-0.25, -0.2) is 4.79 Å². The first-order valence-corrected chi connectivity index (χ1v) is 10.1.